The molecule has 0 aliphatic carbocycles. The van der Waals surface area contributed by atoms with Crippen LogP contribution in [-0.2, 0) is 4.74 Å². The zero-order valence-electron chi connectivity index (χ0n) is 11.5. The summed E-state index contributed by atoms with van der Waals surface area (Å²) in [6, 6.07) is 6.51. The highest BCUT2D eigenvalue weighted by molar-refractivity contribution is 5.61. The first-order valence-corrected chi connectivity index (χ1v) is 6.50. The lowest BCUT2D eigenvalue weighted by atomic mass is 9.93. The molecule has 1 N–H and O–H groups in total. The van der Waals surface area contributed by atoms with E-state index in [1.54, 1.807) is 6.07 Å². The second-order valence-electron chi connectivity index (χ2n) is 5.54. The Morgan fingerprint density at radius 2 is 2.30 bits per heavy atom. The lowest BCUT2D eigenvalue weighted by Gasteiger charge is -2.36. The molecule has 1 aromatic rings. The summed E-state index contributed by atoms with van der Waals surface area (Å²) < 4.78 is 5.65. The third kappa shape index (κ3) is 3.25. The topological polar surface area (TPSA) is 88.2 Å². The number of nitro groups is 1. The standard InChI is InChI=1S/C14H17N3O3/c1-14(2)8-11(5-6-20-14)16-13-4-3-12(17(18)19)7-10(13)9-15/h3-4,7,11,16H,5-6,8H2,1-2H3. The predicted octanol–water partition coefficient (Wildman–Crippen LogP) is 2.84. The van der Waals surface area contributed by atoms with Crippen LogP contribution in [0.15, 0.2) is 18.2 Å². The van der Waals surface area contributed by atoms with Gasteiger partial charge in [0.05, 0.1) is 21.8 Å². The van der Waals surface area contributed by atoms with E-state index in [0.717, 1.165) is 12.8 Å². The minimum Gasteiger partial charge on any atom is -0.381 e. The summed E-state index contributed by atoms with van der Waals surface area (Å²) in [7, 11) is 0. The van der Waals surface area contributed by atoms with Crippen LogP contribution in [0.1, 0.15) is 32.3 Å². The first-order valence-electron chi connectivity index (χ1n) is 6.50. The summed E-state index contributed by atoms with van der Waals surface area (Å²) in [6.07, 6.45) is 1.68. The van der Waals surface area contributed by atoms with Gasteiger partial charge in [0.1, 0.15) is 6.07 Å². The number of ether oxygens (including phenoxy) is 1. The smallest absolute Gasteiger partial charge is 0.270 e. The molecule has 0 bridgehead atoms. The highest BCUT2D eigenvalue weighted by Crippen LogP contribution is 2.28. The minimum absolute atomic E-state index is 0.0700. The lowest BCUT2D eigenvalue weighted by Crippen LogP contribution is -2.40. The van der Waals surface area contributed by atoms with Crippen molar-refractivity contribution in [2.75, 3.05) is 11.9 Å². The van der Waals surface area contributed by atoms with E-state index in [9.17, 15) is 10.1 Å². The molecule has 0 radical (unpaired) electrons. The van der Waals surface area contributed by atoms with E-state index in [2.05, 4.69) is 5.32 Å². The van der Waals surface area contributed by atoms with Crippen molar-refractivity contribution >= 4 is 11.4 Å². The number of nitrogens with zero attached hydrogens (tertiary/aromatic N) is 2. The number of benzene rings is 1. The first-order chi connectivity index (χ1) is 9.41. The molecule has 2 rings (SSSR count). The van der Waals surface area contributed by atoms with Crippen molar-refractivity contribution in [2.24, 2.45) is 0 Å². The van der Waals surface area contributed by atoms with Gasteiger partial charge in [0.25, 0.3) is 5.69 Å². The molecule has 1 aromatic carbocycles. The number of nitro benzene ring substituents is 1. The molecule has 20 heavy (non-hydrogen) atoms. The molecule has 1 aliphatic heterocycles. The summed E-state index contributed by atoms with van der Waals surface area (Å²) >= 11 is 0. The Morgan fingerprint density at radius 3 is 2.90 bits per heavy atom. The molecule has 0 amide bonds. The summed E-state index contributed by atoms with van der Waals surface area (Å²) in [6.45, 7) is 4.73. The molecular weight excluding hydrogens is 258 g/mol. The molecule has 0 spiro atoms. The molecule has 1 fully saturated rings. The largest absolute Gasteiger partial charge is 0.381 e. The van der Waals surface area contributed by atoms with E-state index < -0.39 is 4.92 Å². The van der Waals surface area contributed by atoms with Crippen LogP contribution in [0.2, 0.25) is 0 Å². The number of hydrogen-bond donors (Lipinski definition) is 1. The van der Waals surface area contributed by atoms with Gasteiger partial charge in [-0.25, -0.2) is 0 Å². The van der Waals surface area contributed by atoms with Crippen molar-refractivity contribution in [1.29, 1.82) is 5.26 Å². The second kappa shape index (κ2) is 5.47. The summed E-state index contributed by atoms with van der Waals surface area (Å²) in [4.78, 5) is 10.2. The van der Waals surface area contributed by atoms with Crippen molar-refractivity contribution in [1.82, 2.24) is 0 Å². The van der Waals surface area contributed by atoms with Gasteiger partial charge in [0, 0.05) is 24.8 Å². The minimum atomic E-state index is -0.498. The van der Waals surface area contributed by atoms with Gasteiger partial charge in [-0.3, -0.25) is 10.1 Å². The van der Waals surface area contributed by atoms with E-state index in [1.807, 2.05) is 19.9 Å². The highest BCUT2D eigenvalue weighted by Gasteiger charge is 2.29. The Kier molecular flexibility index (Phi) is 3.91. The van der Waals surface area contributed by atoms with Crippen LogP contribution < -0.4 is 5.32 Å². The maximum absolute atomic E-state index is 10.7. The zero-order valence-corrected chi connectivity index (χ0v) is 11.5. The van der Waals surface area contributed by atoms with E-state index >= 15 is 0 Å². The summed E-state index contributed by atoms with van der Waals surface area (Å²) in [5.74, 6) is 0. The van der Waals surface area contributed by atoms with Crippen LogP contribution in [0, 0.1) is 21.4 Å². The van der Waals surface area contributed by atoms with Crippen LogP contribution in [0.3, 0.4) is 0 Å². The number of hydrogen-bond acceptors (Lipinski definition) is 5. The van der Waals surface area contributed by atoms with Gasteiger partial charge < -0.3 is 10.1 Å². The average molecular weight is 275 g/mol. The van der Waals surface area contributed by atoms with Crippen LogP contribution in [0.4, 0.5) is 11.4 Å². The first kappa shape index (κ1) is 14.3. The second-order valence-corrected chi connectivity index (χ2v) is 5.54. The van der Waals surface area contributed by atoms with Crippen molar-refractivity contribution < 1.29 is 9.66 Å². The molecule has 1 saturated heterocycles. The highest BCUT2D eigenvalue weighted by atomic mass is 16.6. The molecule has 6 nitrogen and oxygen atoms in total. The van der Waals surface area contributed by atoms with Gasteiger partial charge in [0.15, 0.2) is 0 Å². The van der Waals surface area contributed by atoms with Crippen LogP contribution in [0.5, 0.6) is 0 Å². The molecule has 0 aromatic heterocycles. The van der Waals surface area contributed by atoms with E-state index in [1.165, 1.54) is 12.1 Å². The Morgan fingerprint density at radius 1 is 1.55 bits per heavy atom. The van der Waals surface area contributed by atoms with E-state index in [0.29, 0.717) is 17.9 Å². The fraction of sp³-hybridized carbons (Fsp3) is 0.500. The molecule has 1 aliphatic rings. The molecular formula is C14H17N3O3. The van der Waals surface area contributed by atoms with Gasteiger partial charge in [-0.05, 0) is 32.8 Å². The Balaban J connectivity index is 2.17. The van der Waals surface area contributed by atoms with Crippen molar-refractivity contribution in [3.63, 3.8) is 0 Å². The third-order valence-corrected chi connectivity index (χ3v) is 3.39. The van der Waals surface area contributed by atoms with Gasteiger partial charge in [-0.15, -0.1) is 0 Å². The van der Waals surface area contributed by atoms with Crippen LogP contribution >= 0.6 is 0 Å². The van der Waals surface area contributed by atoms with Crippen LogP contribution in [-0.4, -0.2) is 23.2 Å². The van der Waals surface area contributed by atoms with Gasteiger partial charge in [-0.1, -0.05) is 0 Å². The van der Waals surface area contributed by atoms with Gasteiger partial charge in [-0.2, -0.15) is 5.26 Å². The molecule has 1 unspecified atom stereocenters. The number of rotatable bonds is 3. The molecule has 6 heteroatoms. The maximum Gasteiger partial charge on any atom is 0.270 e. The monoisotopic (exact) mass is 275 g/mol. The molecule has 1 atom stereocenters. The van der Waals surface area contributed by atoms with Gasteiger partial charge >= 0.3 is 0 Å². The number of anilines is 1. The summed E-state index contributed by atoms with van der Waals surface area (Å²) in [5, 5.41) is 23.1. The number of nitrogens with one attached hydrogen (secondary N) is 1. The maximum atomic E-state index is 10.7. The Hall–Kier alpha value is -2.13. The normalized spacial score (nSPS) is 20.9. The average Bonchev–Trinajstić information content (AvgIpc) is 2.37. The molecule has 0 saturated carbocycles. The van der Waals surface area contributed by atoms with E-state index in [4.69, 9.17) is 10.00 Å². The Labute approximate surface area is 117 Å². The number of non-ortho nitro benzene ring substituents is 1. The van der Waals surface area contributed by atoms with Crippen LogP contribution in [0.25, 0.3) is 0 Å². The SMILES string of the molecule is CC1(C)CC(Nc2ccc([N+](=O)[O-])cc2C#N)CCO1. The Bertz CT molecular complexity index is 563. The number of nitriles is 1. The predicted molar refractivity (Wildman–Crippen MR) is 74.5 cm³/mol. The fourth-order valence-corrected chi connectivity index (χ4v) is 2.44. The lowest BCUT2D eigenvalue weighted by molar-refractivity contribution is -0.384. The molecule has 106 valence electrons. The third-order valence-electron chi connectivity index (χ3n) is 3.39. The van der Waals surface area contributed by atoms with Crippen molar-refractivity contribution in [3.05, 3.63) is 33.9 Å². The van der Waals surface area contributed by atoms with Crippen molar-refractivity contribution in [3.8, 4) is 6.07 Å². The quantitative estimate of drug-likeness (QED) is 0.676. The van der Waals surface area contributed by atoms with E-state index in [-0.39, 0.29) is 17.3 Å². The van der Waals surface area contributed by atoms with Gasteiger partial charge in [0.2, 0.25) is 0 Å². The van der Waals surface area contributed by atoms with Crippen molar-refractivity contribution in [2.45, 2.75) is 38.3 Å². The summed E-state index contributed by atoms with van der Waals surface area (Å²) in [5.41, 5.74) is 0.674. The molecule has 1 heterocycles. The fourth-order valence-electron chi connectivity index (χ4n) is 2.44. The zero-order chi connectivity index (χ0) is 14.8.